The van der Waals surface area contributed by atoms with Crippen LogP contribution in [0.4, 0.5) is 0 Å². The van der Waals surface area contributed by atoms with Crippen LogP contribution in [-0.4, -0.2) is 87.5 Å². The Labute approximate surface area is 176 Å². The zero-order valence-electron chi connectivity index (χ0n) is 17.5. The highest BCUT2D eigenvalue weighted by Crippen LogP contribution is 2.19. The normalized spacial score (nSPS) is 32.2. The molecule has 1 saturated heterocycles. The molecule has 1 saturated carbocycles. The topological polar surface area (TPSA) is 60.1 Å². The summed E-state index contributed by atoms with van der Waals surface area (Å²) in [4.78, 5) is 0. The molecule has 1 aliphatic heterocycles. The Bertz CT molecular complexity index is 329. The van der Waals surface area contributed by atoms with Crippen molar-refractivity contribution in [3.05, 3.63) is 0 Å². The molecule has 5 nitrogen and oxygen atoms in total. The summed E-state index contributed by atoms with van der Waals surface area (Å²) in [5.41, 5.74) is 0. The molecule has 2 rings (SSSR count). The second kappa shape index (κ2) is 15.4. The van der Waals surface area contributed by atoms with Crippen molar-refractivity contribution in [2.45, 2.75) is 62.7 Å². The highest BCUT2D eigenvalue weighted by molar-refractivity contribution is 7.98. The molecule has 4 atom stereocenters. The first-order valence-corrected chi connectivity index (χ1v) is 13.7. The predicted octanol–water partition coefficient (Wildman–Crippen LogP) is 1.50. The fraction of sp³-hybridized carbons (Fsp3) is 1.00. The van der Waals surface area contributed by atoms with E-state index in [1.165, 1.54) is 50.0 Å². The van der Waals surface area contributed by atoms with Crippen molar-refractivity contribution in [2.75, 3.05) is 63.3 Å². The Morgan fingerprint density at radius 1 is 0.667 bits per heavy atom. The molecule has 0 amide bonds. The summed E-state index contributed by atoms with van der Waals surface area (Å²) in [6, 6.07) is 2.42. The SMILES string of the molecule is CSCC[C@@H]1CNC2CCCCC2NC[C@@H](CCSC)NCCNCCN1. The van der Waals surface area contributed by atoms with Gasteiger partial charge in [-0.05, 0) is 49.7 Å². The van der Waals surface area contributed by atoms with Crippen molar-refractivity contribution in [1.82, 2.24) is 26.6 Å². The fourth-order valence-corrected chi connectivity index (χ4v) is 5.17. The van der Waals surface area contributed by atoms with E-state index in [0.29, 0.717) is 24.2 Å². The van der Waals surface area contributed by atoms with Crippen LogP contribution in [0.5, 0.6) is 0 Å². The van der Waals surface area contributed by atoms with Crippen LogP contribution in [0, 0.1) is 0 Å². The zero-order valence-corrected chi connectivity index (χ0v) is 19.2. The van der Waals surface area contributed by atoms with Crippen molar-refractivity contribution in [1.29, 1.82) is 0 Å². The van der Waals surface area contributed by atoms with Gasteiger partial charge in [0.1, 0.15) is 0 Å². The monoisotopic (exact) mass is 417 g/mol. The van der Waals surface area contributed by atoms with Gasteiger partial charge in [0.2, 0.25) is 0 Å². The highest BCUT2D eigenvalue weighted by Gasteiger charge is 2.26. The van der Waals surface area contributed by atoms with Gasteiger partial charge in [0.05, 0.1) is 0 Å². The van der Waals surface area contributed by atoms with Gasteiger partial charge in [-0.15, -0.1) is 0 Å². The van der Waals surface area contributed by atoms with Gasteiger partial charge in [0.15, 0.2) is 0 Å². The van der Waals surface area contributed by atoms with Gasteiger partial charge in [0, 0.05) is 63.4 Å². The van der Waals surface area contributed by atoms with Crippen LogP contribution < -0.4 is 26.6 Å². The van der Waals surface area contributed by atoms with Gasteiger partial charge in [0.25, 0.3) is 0 Å². The molecule has 2 fully saturated rings. The van der Waals surface area contributed by atoms with Crippen molar-refractivity contribution in [3.8, 4) is 0 Å². The molecule has 0 aromatic rings. The predicted molar refractivity (Wildman–Crippen MR) is 124 cm³/mol. The highest BCUT2D eigenvalue weighted by atomic mass is 32.2. The molecular formula is C20H43N5S2. The summed E-state index contributed by atoms with van der Waals surface area (Å²) in [7, 11) is 0. The maximum absolute atomic E-state index is 3.93. The number of rotatable bonds is 6. The molecule has 27 heavy (non-hydrogen) atoms. The molecule has 7 heteroatoms. The van der Waals surface area contributed by atoms with Gasteiger partial charge in [-0.2, -0.15) is 23.5 Å². The molecule has 0 spiro atoms. The summed E-state index contributed by atoms with van der Waals surface area (Å²) in [6.07, 6.45) is 12.3. The van der Waals surface area contributed by atoms with Crippen LogP contribution in [-0.2, 0) is 0 Å². The van der Waals surface area contributed by atoms with Gasteiger partial charge < -0.3 is 26.6 Å². The van der Waals surface area contributed by atoms with Gasteiger partial charge in [-0.3, -0.25) is 0 Å². The van der Waals surface area contributed by atoms with E-state index in [9.17, 15) is 0 Å². The molecule has 0 aromatic carbocycles. The van der Waals surface area contributed by atoms with Crippen molar-refractivity contribution in [3.63, 3.8) is 0 Å². The van der Waals surface area contributed by atoms with E-state index in [2.05, 4.69) is 39.1 Å². The Kier molecular flexibility index (Phi) is 13.5. The number of thioether (sulfide) groups is 2. The summed E-state index contributed by atoms with van der Waals surface area (Å²) >= 11 is 3.91. The van der Waals surface area contributed by atoms with Gasteiger partial charge in [-0.25, -0.2) is 0 Å². The molecule has 0 radical (unpaired) electrons. The number of fused-ring (bicyclic) bond motifs is 1. The summed E-state index contributed by atoms with van der Waals surface area (Å²) < 4.78 is 0. The van der Waals surface area contributed by atoms with Crippen LogP contribution in [0.25, 0.3) is 0 Å². The zero-order chi connectivity index (χ0) is 19.2. The van der Waals surface area contributed by atoms with Crippen LogP contribution in [0.1, 0.15) is 38.5 Å². The van der Waals surface area contributed by atoms with E-state index in [-0.39, 0.29) is 0 Å². The van der Waals surface area contributed by atoms with E-state index in [1.54, 1.807) is 0 Å². The molecule has 0 aromatic heterocycles. The van der Waals surface area contributed by atoms with E-state index in [4.69, 9.17) is 0 Å². The first kappa shape index (κ1) is 23.8. The first-order chi connectivity index (χ1) is 13.3. The minimum absolute atomic E-state index is 0.583. The van der Waals surface area contributed by atoms with E-state index < -0.39 is 0 Å². The van der Waals surface area contributed by atoms with Crippen LogP contribution >= 0.6 is 23.5 Å². The van der Waals surface area contributed by atoms with Crippen LogP contribution in [0.2, 0.25) is 0 Å². The third kappa shape index (κ3) is 10.2. The maximum atomic E-state index is 3.93. The van der Waals surface area contributed by atoms with E-state index in [1.807, 2.05) is 23.5 Å². The van der Waals surface area contributed by atoms with Gasteiger partial charge in [-0.1, -0.05) is 12.8 Å². The maximum Gasteiger partial charge on any atom is 0.0221 e. The Morgan fingerprint density at radius 2 is 1.15 bits per heavy atom. The van der Waals surface area contributed by atoms with Crippen molar-refractivity contribution >= 4 is 23.5 Å². The van der Waals surface area contributed by atoms with Crippen LogP contribution in [0.15, 0.2) is 0 Å². The molecule has 5 N–H and O–H groups in total. The minimum atomic E-state index is 0.583. The smallest absolute Gasteiger partial charge is 0.0221 e. The molecule has 1 heterocycles. The Balaban J connectivity index is 1.92. The quantitative estimate of drug-likeness (QED) is 0.449. The second-order valence-electron chi connectivity index (χ2n) is 7.93. The lowest BCUT2D eigenvalue weighted by atomic mass is 9.89. The molecule has 1 aliphatic carbocycles. The fourth-order valence-electron chi connectivity index (χ4n) is 4.13. The second-order valence-corrected chi connectivity index (χ2v) is 9.90. The third-order valence-corrected chi connectivity index (χ3v) is 7.12. The summed E-state index contributed by atoms with van der Waals surface area (Å²) in [5.74, 6) is 2.47. The number of nitrogens with one attached hydrogen (secondary N) is 5. The number of hydrogen-bond acceptors (Lipinski definition) is 7. The lowest BCUT2D eigenvalue weighted by Crippen LogP contribution is -2.55. The van der Waals surface area contributed by atoms with E-state index >= 15 is 0 Å². The van der Waals surface area contributed by atoms with Crippen molar-refractivity contribution < 1.29 is 0 Å². The minimum Gasteiger partial charge on any atom is -0.314 e. The van der Waals surface area contributed by atoms with Gasteiger partial charge >= 0.3 is 0 Å². The standard InChI is InChI=1S/C20H43N5S2/c1-26-13-7-17-15-24-19-5-3-4-6-20(19)25-16-18(8-14-27-2)23-12-10-21-9-11-22-17/h17-25H,3-16H2,1-2H3/t17-,18-,19?,20?/m1/s1. The lowest BCUT2D eigenvalue weighted by molar-refractivity contribution is 0.267. The molecule has 2 aliphatic rings. The lowest BCUT2D eigenvalue weighted by Gasteiger charge is -2.35. The van der Waals surface area contributed by atoms with Crippen LogP contribution in [0.3, 0.4) is 0 Å². The Morgan fingerprint density at radius 3 is 1.59 bits per heavy atom. The summed E-state index contributed by atoms with van der Waals surface area (Å²) in [5, 5.41) is 19.0. The average molecular weight is 418 g/mol. The molecule has 2 unspecified atom stereocenters. The molecule has 160 valence electrons. The Hall–Kier alpha value is 0.500. The average Bonchev–Trinajstić information content (AvgIpc) is 2.70. The molecule has 0 bridgehead atoms. The van der Waals surface area contributed by atoms with Crippen molar-refractivity contribution in [2.24, 2.45) is 0 Å². The summed E-state index contributed by atoms with van der Waals surface area (Å²) in [6.45, 7) is 6.41. The van der Waals surface area contributed by atoms with E-state index in [0.717, 1.165) is 39.3 Å². The largest absolute Gasteiger partial charge is 0.314 e. The molecular weight excluding hydrogens is 374 g/mol. The first-order valence-electron chi connectivity index (χ1n) is 11.0. The third-order valence-electron chi connectivity index (χ3n) is 5.83. The number of hydrogen-bond donors (Lipinski definition) is 5.